The number of aryl methyl sites for hydroxylation is 1. The summed E-state index contributed by atoms with van der Waals surface area (Å²) in [6, 6.07) is 12.3. The van der Waals surface area contributed by atoms with Crippen molar-refractivity contribution in [1.29, 1.82) is 0 Å². The highest BCUT2D eigenvalue weighted by atomic mass is 16.7. The number of benzene rings is 2. The fourth-order valence-corrected chi connectivity index (χ4v) is 5.29. The van der Waals surface area contributed by atoms with Crippen molar-refractivity contribution >= 4 is 12.0 Å². The van der Waals surface area contributed by atoms with E-state index in [9.17, 15) is 4.79 Å². The minimum Gasteiger partial charge on any atom is -0.493 e. The summed E-state index contributed by atoms with van der Waals surface area (Å²) in [5, 5.41) is 3.56. The van der Waals surface area contributed by atoms with Crippen molar-refractivity contribution in [3.05, 3.63) is 53.6 Å². The maximum absolute atomic E-state index is 13.2. The average Bonchev–Trinajstić information content (AvgIpc) is 3.43. The van der Waals surface area contributed by atoms with Gasteiger partial charge in [-0.25, -0.2) is 0 Å². The van der Waals surface area contributed by atoms with Crippen LogP contribution in [0.25, 0.3) is 6.08 Å². The zero-order valence-electron chi connectivity index (χ0n) is 22.9. The summed E-state index contributed by atoms with van der Waals surface area (Å²) in [6.07, 6.45) is 13.3. The van der Waals surface area contributed by atoms with Crippen molar-refractivity contribution in [2.24, 2.45) is 0 Å². The van der Waals surface area contributed by atoms with Crippen molar-refractivity contribution < 1.29 is 23.7 Å². The topological polar surface area (TPSA) is 69.3 Å². The van der Waals surface area contributed by atoms with Gasteiger partial charge in [-0.2, -0.15) is 0 Å². The van der Waals surface area contributed by atoms with Gasteiger partial charge in [0.15, 0.2) is 23.0 Å². The lowest BCUT2D eigenvalue weighted by molar-refractivity contribution is -0.133. The molecule has 0 atom stereocenters. The minimum atomic E-state index is 0.224. The largest absolute Gasteiger partial charge is 0.493 e. The van der Waals surface area contributed by atoms with E-state index in [4.69, 9.17) is 18.9 Å². The second-order valence-electron chi connectivity index (χ2n) is 9.99. The Morgan fingerprint density at radius 2 is 1.76 bits per heavy atom. The molecule has 1 aliphatic heterocycles. The van der Waals surface area contributed by atoms with Crippen LogP contribution in [-0.2, 0) is 11.2 Å². The van der Waals surface area contributed by atoms with Gasteiger partial charge in [0.05, 0.1) is 14.2 Å². The minimum absolute atomic E-state index is 0.224. The highest BCUT2D eigenvalue weighted by molar-refractivity contribution is 5.79. The van der Waals surface area contributed by atoms with E-state index in [1.54, 1.807) is 14.2 Å². The molecule has 206 valence electrons. The molecule has 0 spiro atoms. The normalized spacial score (nSPS) is 15.1. The molecule has 2 aromatic carbocycles. The summed E-state index contributed by atoms with van der Waals surface area (Å²) in [5.41, 5.74) is 2.26. The van der Waals surface area contributed by atoms with Gasteiger partial charge in [0.25, 0.3) is 0 Å². The first-order valence-corrected chi connectivity index (χ1v) is 13.9. The molecular formula is C31H42N2O5. The first-order valence-electron chi connectivity index (χ1n) is 13.9. The third-order valence-corrected chi connectivity index (χ3v) is 7.35. The molecule has 0 saturated heterocycles. The zero-order chi connectivity index (χ0) is 26.6. The first kappa shape index (κ1) is 27.8. The van der Waals surface area contributed by atoms with E-state index in [0.717, 1.165) is 80.3 Å². The van der Waals surface area contributed by atoms with E-state index >= 15 is 0 Å². The molecule has 2 aromatic rings. The third kappa shape index (κ3) is 7.90. The lowest BCUT2D eigenvalue weighted by Gasteiger charge is -2.34. The van der Waals surface area contributed by atoms with Gasteiger partial charge in [0, 0.05) is 19.0 Å². The molecule has 38 heavy (non-hydrogen) atoms. The van der Waals surface area contributed by atoms with Crippen molar-refractivity contribution in [1.82, 2.24) is 10.2 Å². The maximum Gasteiger partial charge on any atom is 0.231 e. The molecule has 1 heterocycles. The van der Waals surface area contributed by atoms with Gasteiger partial charge in [-0.3, -0.25) is 4.79 Å². The predicted molar refractivity (Wildman–Crippen MR) is 150 cm³/mol. The number of hydrogen-bond donors (Lipinski definition) is 1. The Morgan fingerprint density at radius 3 is 2.58 bits per heavy atom. The average molecular weight is 523 g/mol. The van der Waals surface area contributed by atoms with Crippen LogP contribution in [0, 0.1) is 0 Å². The number of nitrogens with one attached hydrogen (secondary N) is 1. The van der Waals surface area contributed by atoms with Crippen molar-refractivity contribution in [2.75, 3.05) is 40.6 Å². The highest BCUT2D eigenvalue weighted by Gasteiger charge is 2.24. The van der Waals surface area contributed by atoms with E-state index < -0.39 is 0 Å². The molecule has 4 rings (SSSR count). The Balaban J connectivity index is 1.20. The molecule has 1 amide bonds. The summed E-state index contributed by atoms with van der Waals surface area (Å²) in [5.74, 6) is 3.29. The molecule has 7 heteroatoms. The summed E-state index contributed by atoms with van der Waals surface area (Å²) in [7, 11) is 3.32. The Bertz CT molecular complexity index is 1060. The van der Waals surface area contributed by atoms with Gasteiger partial charge in [0.2, 0.25) is 12.7 Å². The van der Waals surface area contributed by atoms with Crippen LogP contribution in [0.4, 0.5) is 0 Å². The van der Waals surface area contributed by atoms with Crippen molar-refractivity contribution in [2.45, 2.75) is 63.8 Å². The Hall–Kier alpha value is -3.19. The van der Waals surface area contributed by atoms with Gasteiger partial charge in [-0.1, -0.05) is 43.5 Å². The molecule has 1 saturated carbocycles. The smallest absolute Gasteiger partial charge is 0.231 e. The van der Waals surface area contributed by atoms with Crippen LogP contribution in [-0.4, -0.2) is 57.5 Å². The number of carbonyl (C=O) groups excluding carboxylic acids is 1. The second kappa shape index (κ2) is 14.7. The molecule has 0 radical (unpaired) electrons. The quantitative estimate of drug-likeness (QED) is 0.325. The van der Waals surface area contributed by atoms with Crippen LogP contribution in [0.5, 0.6) is 23.0 Å². The monoisotopic (exact) mass is 522 g/mol. The van der Waals surface area contributed by atoms with Gasteiger partial charge >= 0.3 is 0 Å². The Kier molecular flexibility index (Phi) is 10.7. The molecule has 2 aliphatic rings. The number of nitrogens with zero attached hydrogens (tertiary/aromatic N) is 1. The van der Waals surface area contributed by atoms with Crippen LogP contribution < -0.4 is 24.3 Å². The SMILES string of the molecule is COc1ccc(CCCNCCCN(C(=O)C/C=C/c2ccc3c(c2)OCO3)C2CCCCC2)cc1OC. The summed E-state index contributed by atoms with van der Waals surface area (Å²) >= 11 is 0. The molecule has 0 aromatic heterocycles. The first-order chi connectivity index (χ1) is 18.7. The van der Waals surface area contributed by atoms with Crippen LogP contribution in [0.1, 0.15) is 62.5 Å². The molecule has 1 fully saturated rings. The lowest BCUT2D eigenvalue weighted by atomic mass is 9.93. The van der Waals surface area contributed by atoms with Gasteiger partial charge in [-0.15, -0.1) is 0 Å². The number of fused-ring (bicyclic) bond motifs is 1. The maximum atomic E-state index is 13.2. The number of rotatable bonds is 14. The standard InChI is InChI=1S/C31H42N2O5/c1-35-27-16-14-25(21-29(27)36-2)10-7-18-32-19-8-20-33(26-11-4-3-5-12-26)31(34)13-6-9-24-15-17-28-30(22-24)38-23-37-28/h6,9,14-17,21-22,26,32H,3-5,7-8,10-13,18-20,23H2,1-2H3/b9-6+. The number of methoxy groups -OCH3 is 2. The van der Waals surface area contributed by atoms with E-state index in [-0.39, 0.29) is 12.7 Å². The fourth-order valence-electron chi connectivity index (χ4n) is 5.29. The molecule has 0 bridgehead atoms. The molecule has 1 N–H and O–H groups in total. The second-order valence-corrected chi connectivity index (χ2v) is 9.99. The molecule has 0 unspecified atom stereocenters. The predicted octanol–water partition coefficient (Wildman–Crippen LogP) is 5.61. The summed E-state index contributed by atoms with van der Waals surface area (Å²) in [6.45, 7) is 2.94. The number of hydrogen-bond acceptors (Lipinski definition) is 6. The molecular weight excluding hydrogens is 480 g/mol. The van der Waals surface area contributed by atoms with E-state index in [1.165, 1.54) is 24.8 Å². The van der Waals surface area contributed by atoms with Gasteiger partial charge in [0.1, 0.15) is 0 Å². The lowest BCUT2D eigenvalue weighted by Crippen LogP contribution is -2.42. The summed E-state index contributed by atoms with van der Waals surface area (Å²) in [4.78, 5) is 15.4. The van der Waals surface area contributed by atoms with Crippen LogP contribution in [0.15, 0.2) is 42.5 Å². The Labute approximate surface area is 227 Å². The number of amides is 1. The van der Waals surface area contributed by atoms with Crippen molar-refractivity contribution in [3.63, 3.8) is 0 Å². The highest BCUT2D eigenvalue weighted by Crippen LogP contribution is 2.33. The Morgan fingerprint density at radius 1 is 0.974 bits per heavy atom. The zero-order valence-corrected chi connectivity index (χ0v) is 22.9. The number of carbonyl (C=O) groups is 1. The van der Waals surface area contributed by atoms with E-state index in [1.807, 2.05) is 42.5 Å². The van der Waals surface area contributed by atoms with E-state index in [0.29, 0.717) is 12.5 Å². The number of ether oxygens (including phenoxy) is 4. The van der Waals surface area contributed by atoms with Crippen LogP contribution in [0.3, 0.4) is 0 Å². The van der Waals surface area contributed by atoms with Crippen LogP contribution >= 0.6 is 0 Å². The third-order valence-electron chi connectivity index (χ3n) is 7.35. The fraction of sp³-hybridized carbons (Fsp3) is 0.516. The van der Waals surface area contributed by atoms with Crippen LogP contribution in [0.2, 0.25) is 0 Å². The van der Waals surface area contributed by atoms with Gasteiger partial charge in [-0.05, 0) is 80.6 Å². The van der Waals surface area contributed by atoms with E-state index in [2.05, 4.69) is 16.3 Å². The molecule has 1 aliphatic carbocycles. The van der Waals surface area contributed by atoms with Crippen molar-refractivity contribution in [3.8, 4) is 23.0 Å². The summed E-state index contributed by atoms with van der Waals surface area (Å²) < 4.78 is 21.6. The van der Waals surface area contributed by atoms with Gasteiger partial charge < -0.3 is 29.2 Å². The molecule has 7 nitrogen and oxygen atoms in total.